The van der Waals surface area contributed by atoms with Crippen LogP contribution < -0.4 is 5.32 Å². The third kappa shape index (κ3) is 3.39. The highest BCUT2D eigenvalue weighted by molar-refractivity contribution is 5.52. The third-order valence-electron chi connectivity index (χ3n) is 3.15. The average Bonchev–Trinajstić information content (AvgIpc) is 3.10. The molecule has 0 saturated heterocycles. The summed E-state index contributed by atoms with van der Waals surface area (Å²) in [6.07, 6.45) is 4.08. The molecule has 0 radical (unpaired) electrons. The molecule has 0 atom stereocenters. The van der Waals surface area contributed by atoms with Crippen LogP contribution in [0.1, 0.15) is 25.2 Å². The number of nitrogens with zero attached hydrogens (tertiary/aromatic N) is 2. The number of nitrogens with one attached hydrogen (secondary N) is 1. The topological polar surface area (TPSA) is 51.0 Å². The quantitative estimate of drug-likeness (QED) is 0.826. The van der Waals surface area contributed by atoms with Crippen LogP contribution in [0.5, 0.6) is 0 Å². The van der Waals surface area contributed by atoms with Gasteiger partial charge < -0.3 is 9.73 Å². The molecule has 1 saturated carbocycles. The normalized spacial score (nSPS) is 14.7. The molecule has 1 N–H and O–H groups in total. The molecule has 20 heavy (non-hydrogen) atoms. The van der Waals surface area contributed by atoms with Crippen LogP contribution in [0.2, 0.25) is 0 Å². The van der Waals surface area contributed by atoms with Crippen LogP contribution in [-0.2, 0) is 6.42 Å². The summed E-state index contributed by atoms with van der Waals surface area (Å²) >= 11 is 0. The molecule has 1 fully saturated rings. The maximum absolute atomic E-state index is 13.1. The fraction of sp³-hybridized carbons (Fsp3) is 0.429. The Bertz CT molecular complexity index is 576. The monoisotopic (exact) mass is 279 g/mol. The van der Waals surface area contributed by atoms with E-state index in [1.807, 2.05) is 0 Å². The van der Waals surface area contributed by atoms with Crippen LogP contribution in [0.15, 0.2) is 22.6 Å². The third-order valence-corrected chi connectivity index (χ3v) is 3.15. The summed E-state index contributed by atoms with van der Waals surface area (Å²) in [5, 5.41) is 11.1. The van der Waals surface area contributed by atoms with Crippen LogP contribution in [0.4, 0.5) is 8.78 Å². The first-order valence-corrected chi connectivity index (χ1v) is 6.73. The molecular weight excluding hydrogens is 264 g/mol. The number of benzene rings is 1. The molecule has 6 heteroatoms. The first kappa shape index (κ1) is 13.2. The van der Waals surface area contributed by atoms with Crippen molar-refractivity contribution >= 4 is 0 Å². The lowest BCUT2D eigenvalue weighted by atomic mass is 10.2. The van der Waals surface area contributed by atoms with Gasteiger partial charge >= 0.3 is 0 Å². The van der Waals surface area contributed by atoms with Crippen molar-refractivity contribution < 1.29 is 13.2 Å². The van der Waals surface area contributed by atoms with E-state index in [1.54, 1.807) is 0 Å². The van der Waals surface area contributed by atoms with Gasteiger partial charge in [0.2, 0.25) is 11.8 Å². The lowest BCUT2D eigenvalue weighted by Gasteiger charge is -1.99. The Morgan fingerprint density at radius 3 is 2.60 bits per heavy atom. The largest absolute Gasteiger partial charge is 0.421 e. The Hall–Kier alpha value is -1.82. The van der Waals surface area contributed by atoms with Gasteiger partial charge in [-0.05, 0) is 37.9 Å². The zero-order valence-corrected chi connectivity index (χ0v) is 10.9. The van der Waals surface area contributed by atoms with E-state index < -0.39 is 11.6 Å². The molecule has 0 spiro atoms. The number of rotatable bonds is 6. The molecular formula is C14H15F2N3O. The number of halogens is 2. The molecule has 3 rings (SSSR count). The fourth-order valence-corrected chi connectivity index (χ4v) is 1.98. The molecule has 0 unspecified atom stereocenters. The summed E-state index contributed by atoms with van der Waals surface area (Å²) in [6, 6.07) is 3.84. The van der Waals surface area contributed by atoms with E-state index in [1.165, 1.54) is 25.0 Å². The standard InChI is InChI=1S/C14H15F2N3O/c15-10-6-9(7-11(16)8-10)14-19-18-13(20-14)2-1-5-17-12-3-4-12/h6-8,12,17H,1-5H2. The van der Waals surface area contributed by atoms with Gasteiger partial charge in [0.15, 0.2) is 0 Å². The van der Waals surface area contributed by atoms with E-state index >= 15 is 0 Å². The van der Waals surface area contributed by atoms with E-state index in [4.69, 9.17) is 4.42 Å². The van der Waals surface area contributed by atoms with Gasteiger partial charge in [-0.15, -0.1) is 10.2 Å². The van der Waals surface area contributed by atoms with Crippen LogP contribution in [0.25, 0.3) is 11.5 Å². The summed E-state index contributed by atoms with van der Waals surface area (Å²) in [5.74, 6) is -0.683. The molecule has 0 bridgehead atoms. The number of hydrogen-bond acceptors (Lipinski definition) is 4. The summed E-state index contributed by atoms with van der Waals surface area (Å²) in [7, 11) is 0. The molecule has 1 aliphatic rings. The second-order valence-electron chi connectivity index (χ2n) is 4.99. The highest BCUT2D eigenvalue weighted by atomic mass is 19.1. The Labute approximate surface area is 115 Å². The second-order valence-corrected chi connectivity index (χ2v) is 4.99. The highest BCUT2D eigenvalue weighted by Gasteiger charge is 2.19. The molecule has 1 aromatic heterocycles. The van der Waals surface area contributed by atoms with Crippen molar-refractivity contribution in [3.8, 4) is 11.5 Å². The minimum Gasteiger partial charge on any atom is -0.421 e. The van der Waals surface area contributed by atoms with Gasteiger partial charge in [-0.1, -0.05) is 0 Å². The van der Waals surface area contributed by atoms with Crippen molar-refractivity contribution in [2.75, 3.05) is 6.54 Å². The van der Waals surface area contributed by atoms with Crippen LogP contribution in [0.3, 0.4) is 0 Å². The Kier molecular flexibility index (Phi) is 3.73. The van der Waals surface area contributed by atoms with Crippen molar-refractivity contribution in [1.82, 2.24) is 15.5 Å². The van der Waals surface area contributed by atoms with E-state index in [-0.39, 0.29) is 11.5 Å². The zero-order valence-electron chi connectivity index (χ0n) is 10.9. The summed E-state index contributed by atoms with van der Waals surface area (Å²) < 4.78 is 31.6. The fourth-order valence-electron chi connectivity index (χ4n) is 1.98. The van der Waals surface area contributed by atoms with Gasteiger partial charge in [0.05, 0.1) is 0 Å². The SMILES string of the molecule is Fc1cc(F)cc(-c2nnc(CCCNC3CC3)o2)c1. The van der Waals surface area contributed by atoms with Crippen LogP contribution >= 0.6 is 0 Å². The van der Waals surface area contributed by atoms with E-state index in [9.17, 15) is 8.78 Å². The van der Waals surface area contributed by atoms with E-state index in [2.05, 4.69) is 15.5 Å². The van der Waals surface area contributed by atoms with Gasteiger partial charge in [-0.2, -0.15) is 0 Å². The van der Waals surface area contributed by atoms with E-state index in [0.717, 1.165) is 19.0 Å². The first-order chi connectivity index (χ1) is 9.70. The van der Waals surface area contributed by atoms with Crippen molar-refractivity contribution in [3.05, 3.63) is 35.7 Å². The van der Waals surface area contributed by atoms with Crippen molar-refractivity contribution in [2.45, 2.75) is 31.7 Å². The maximum atomic E-state index is 13.1. The smallest absolute Gasteiger partial charge is 0.247 e. The average molecular weight is 279 g/mol. The van der Waals surface area contributed by atoms with Gasteiger partial charge in [0.25, 0.3) is 0 Å². The van der Waals surface area contributed by atoms with Crippen LogP contribution in [0, 0.1) is 11.6 Å². The zero-order chi connectivity index (χ0) is 13.9. The van der Waals surface area contributed by atoms with E-state index in [0.29, 0.717) is 18.4 Å². The minimum atomic E-state index is -0.659. The summed E-state index contributed by atoms with van der Waals surface area (Å²) in [6.45, 7) is 0.914. The Balaban J connectivity index is 1.60. The van der Waals surface area contributed by atoms with Gasteiger partial charge in [0, 0.05) is 24.1 Å². The highest BCUT2D eigenvalue weighted by Crippen LogP contribution is 2.21. The van der Waals surface area contributed by atoms with Gasteiger partial charge in [-0.25, -0.2) is 8.78 Å². The number of hydrogen-bond donors (Lipinski definition) is 1. The summed E-state index contributed by atoms with van der Waals surface area (Å²) in [5.41, 5.74) is 0.261. The second kappa shape index (κ2) is 5.66. The lowest BCUT2D eigenvalue weighted by Crippen LogP contribution is -2.17. The first-order valence-electron chi connectivity index (χ1n) is 6.73. The predicted molar refractivity (Wildman–Crippen MR) is 69.0 cm³/mol. The molecule has 4 nitrogen and oxygen atoms in total. The number of aryl methyl sites for hydroxylation is 1. The molecule has 1 aromatic carbocycles. The van der Waals surface area contributed by atoms with Gasteiger partial charge in [0.1, 0.15) is 11.6 Å². The number of aromatic nitrogens is 2. The molecule has 1 heterocycles. The van der Waals surface area contributed by atoms with Crippen LogP contribution in [-0.4, -0.2) is 22.8 Å². The Morgan fingerprint density at radius 2 is 1.90 bits per heavy atom. The maximum Gasteiger partial charge on any atom is 0.247 e. The molecule has 106 valence electrons. The molecule has 0 amide bonds. The van der Waals surface area contributed by atoms with Crippen molar-refractivity contribution in [2.24, 2.45) is 0 Å². The van der Waals surface area contributed by atoms with Gasteiger partial charge in [-0.3, -0.25) is 0 Å². The van der Waals surface area contributed by atoms with Crippen molar-refractivity contribution in [3.63, 3.8) is 0 Å². The van der Waals surface area contributed by atoms with Crippen molar-refractivity contribution in [1.29, 1.82) is 0 Å². The molecule has 0 aliphatic heterocycles. The Morgan fingerprint density at radius 1 is 1.15 bits per heavy atom. The molecule has 1 aliphatic carbocycles. The predicted octanol–water partition coefficient (Wildman–Crippen LogP) is 2.70. The lowest BCUT2D eigenvalue weighted by molar-refractivity contribution is 0.489. The minimum absolute atomic E-state index is 0.147. The molecule has 2 aromatic rings. The summed E-state index contributed by atoms with van der Waals surface area (Å²) in [4.78, 5) is 0.